The molecule has 0 bridgehead atoms. The number of aliphatic carboxylic acids is 1. The lowest BCUT2D eigenvalue weighted by Gasteiger charge is -2.33. The number of esters is 1. The molecule has 2 rings (SSSR count). The Morgan fingerprint density at radius 1 is 1.10 bits per heavy atom. The molecule has 0 aromatic heterocycles. The molecule has 1 N–H and O–H groups in total. The Labute approximate surface area is 178 Å². The van der Waals surface area contributed by atoms with Gasteiger partial charge in [-0.3, -0.25) is 4.90 Å². The normalized spacial score (nSPS) is 16.3. The highest BCUT2D eigenvalue weighted by Crippen LogP contribution is 2.29. The number of hydrogen-bond donors (Lipinski definition) is 1. The summed E-state index contributed by atoms with van der Waals surface area (Å²) in [7, 11) is 0. The highest BCUT2D eigenvalue weighted by molar-refractivity contribution is 5.86. The molecule has 2 unspecified atom stereocenters. The third-order valence-electron chi connectivity index (χ3n) is 5.66. The minimum atomic E-state index is -1.21. The van der Waals surface area contributed by atoms with E-state index in [1.54, 1.807) is 6.92 Å². The van der Waals surface area contributed by atoms with Crippen molar-refractivity contribution in [2.24, 2.45) is 5.92 Å². The van der Waals surface area contributed by atoms with Crippen LogP contribution in [0.15, 0.2) is 30.3 Å². The van der Waals surface area contributed by atoms with Gasteiger partial charge in [0.2, 0.25) is 0 Å². The first-order chi connectivity index (χ1) is 14.4. The summed E-state index contributed by atoms with van der Waals surface area (Å²) >= 11 is 0. The number of carbonyl (C=O) groups excluding carboxylic acids is 2. The third-order valence-corrected chi connectivity index (χ3v) is 5.66. The SMILES string of the molecule is CCOC(=O)C(CCC1CCCCC1)N(C(=O)OCc1ccccc1)C(C)C(=O)O. The van der Waals surface area contributed by atoms with E-state index in [4.69, 9.17) is 9.47 Å². The van der Waals surface area contributed by atoms with Crippen molar-refractivity contribution in [1.82, 2.24) is 4.90 Å². The fourth-order valence-electron chi connectivity index (χ4n) is 3.95. The number of rotatable bonds is 10. The Balaban J connectivity index is 2.16. The summed E-state index contributed by atoms with van der Waals surface area (Å²) in [6.45, 7) is 3.24. The monoisotopic (exact) mass is 419 g/mol. The van der Waals surface area contributed by atoms with Crippen molar-refractivity contribution in [3.05, 3.63) is 35.9 Å². The van der Waals surface area contributed by atoms with Gasteiger partial charge < -0.3 is 14.6 Å². The van der Waals surface area contributed by atoms with E-state index in [1.807, 2.05) is 30.3 Å². The molecular weight excluding hydrogens is 386 g/mol. The van der Waals surface area contributed by atoms with E-state index in [0.717, 1.165) is 29.7 Å². The lowest BCUT2D eigenvalue weighted by atomic mass is 9.85. The first-order valence-electron chi connectivity index (χ1n) is 10.8. The maximum absolute atomic E-state index is 12.9. The van der Waals surface area contributed by atoms with Crippen LogP contribution in [0, 0.1) is 5.92 Å². The third kappa shape index (κ3) is 7.04. The molecule has 1 fully saturated rings. The van der Waals surface area contributed by atoms with Gasteiger partial charge in [-0.15, -0.1) is 0 Å². The van der Waals surface area contributed by atoms with Crippen LogP contribution >= 0.6 is 0 Å². The minimum absolute atomic E-state index is 0.000677. The highest BCUT2D eigenvalue weighted by Gasteiger charge is 2.38. The Kier molecular flexibility index (Phi) is 9.64. The second-order valence-corrected chi connectivity index (χ2v) is 7.81. The zero-order valence-electron chi connectivity index (χ0n) is 17.9. The maximum Gasteiger partial charge on any atom is 0.411 e. The molecule has 0 aliphatic heterocycles. The van der Waals surface area contributed by atoms with Gasteiger partial charge in [0.05, 0.1) is 6.61 Å². The zero-order chi connectivity index (χ0) is 21.9. The van der Waals surface area contributed by atoms with Crippen molar-refractivity contribution in [2.75, 3.05) is 6.61 Å². The van der Waals surface area contributed by atoms with E-state index in [0.29, 0.717) is 12.3 Å². The second kappa shape index (κ2) is 12.2. The van der Waals surface area contributed by atoms with Crippen molar-refractivity contribution in [3.8, 4) is 0 Å². The molecule has 1 aromatic rings. The molecular formula is C23H33NO6. The van der Waals surface area contributed by atoms with Crippen LogP contribution in [-0.4, -0.2) is 46.7 Å². The van der Waals surface area contributed by atoms with Gasteiger partial charge in [-0.25, -0.2) is 14.4 Å². The second-order valence-electron chi connectivity index (χ2n) is 7.81. The topological polar surface area (TPSA) is 93.1 Å². The molecule has 7 heteroatoms. The van der Waals surface area contributed by atoms with Crippen molar-refractivity contribution >= 4 is 18.0 Å². The van der Waals surface area contributed by atoms with Crippen LogP contribution in [0.25, 0.3) is 0 Å². The largest absolute Gasteiger partial charge is 0.480 e. The van der Waals surface area contributed by atoms with Crippen molar-refractivity contribution in [2.45, 2.75) is 77.5 Å². The minimum Gasteiger partial charge on any atom is -0.480 e. The molecule has 0 saturated heterocycles. The average molecular weight is 420 g/mol. The quantitative estimate of drug-likeness (QED) is 0.565. The Morgan fingerprint density at radius 3 is 2.37 bits per heavy atom. The molecule has 7 nitrogen and oxygen atoms in total. The number of hydrogen-bond acceptors (Lipinski definition) is 5. The van der Waals surface area contributed by atoms with Crippen LogP contribution < -0.4 is 0 Å². The Hall–Kier alpha value is -2.57. The van der Waals surface area contributed by atoms with Crippen LogP contribution in [0.2, 0.25) is 0 Å². The molecule has 1 aromatic carbocycles. The predicted molar refractivity (Wildman–Crippen MR) is 112 cm³/mol. The van der Waals surface area contributed by atoms with Crippen molar-refractivity contribution < 1.29 is 29.0 Å². The predicted octanol–water partition coefficient (Wildman–Crippen LogP) is 4.39. The summed E-state index contributed by atoms with van der Waals surface area (Å²) in [6, 6.07) is 6.93. The molecule has 166 valence electrons. The number of carbonyl (C=O) groups is 3. The molecule has 0 spiro atoms. The van der Waals surface area contributed by atoms with Crippen LogP contribution in [0.4, 0.5) is 4.79 Å². The van der Waals surface area contributed by atoms with E-state index in [1.165, 1.54) is 26.2 Å². The zero-order valence-corrected chi connectivity index (χ0v) is 17.9. The summed E-state index contributed by atoms with van der Waals surface area (Å²) in [6.07, 6.45) is 6.05. The lowest BCUT2D eigenvalue weighted by Crippen LogP contribution is -2.53. The van der Waals surface area contributed by atoms with E-state index in [9.17, 15) is 19.5 Å². The number of carboxylic acids is 1. The van der Waals surface area contributed by atoms with Crippen LogP contribution in [0.1, 0.15) is 64.4 Å². The van der Waals surface area contributed by atoms with Crippen molar-refractivity contribution in [3.63, 3.8) is 0 Å². The summed E-state index contributed by atoms with van der Waals surface area (Å²) < 4.78 is 10.6. The highest BCUT2D eigenvalue weighted by atomic mass is 16.6. The number of amides is 1. The van der Waals surface area contributed by atoms with Gasteiger partial charge in [-0.1, -0.05) is 62.4 Å². The molecule has 1 aliphatic rings. The standard InChI is InChI=1S/C23H33NO6/c1-3-29-22(27)20(15-14-18-10-6-4-7-11-18)24(17(2)21(25)26)23(28)30-16-19-12-8-5-9-13-19/h5,8-9,12-13,17-18,20H,3-4,6-7,10-11,14-16H2,1-2H3,(H,25,26). The number of carboxylic acid groups (broad SMARTS) is 1. The van der Waals surface area contributed by atoms with Gasteiger partial charge in [-0.2, -0.15) is 0 Å². The first kappa shape index (κ1) is 23.7. The molecule has 2 atom stereocenters. The van der Waals surface area contributed by atoms with E-state index in [-0.39, 0.29) is 13.2 Å². The first-order valence-corrected chi connectivity index (χ1v) is 10.8. The van der Waals surface area contributed by atoms with Gasteiger partial charge in [0, 0.05) is 0 Å². The van der Waals surface area contributed by atoms with Crippen LogP contribution in [-0.2, 0) is 25.7 Å². The average Bonchev–Trinajstić information content (AvgIpc) is 2.76. The molecule has 0 radical (unpaired) electrons. The molecule has 30 heavy (non-hydrogen) atoms. The van der Waals surface area contributed by atoms with Crippen LogP contribution in [0.3, 0.4) is 0 Å². The fraction of sp³-hybridized carbons (Fsp3) is 0.609. The summed E-state index contributed by atoms with van der Waals surface area (Å²) in [5.74, 6) is -1.30. The summed E-state index contributed by atoms with van der Waals surface area (Å²) in [4.78, 5) is 38.3. The van der Waals surface area contributed by atoms with E-state index >= 15 is 0 Å². The van der Waals surface area contributed by atoms with Gasteiger partial charge in [-0.05, 0) is 38.2 Å². The smallest absolute Gasteiger partial charge is 0.411 e. The molecule has 0 heterocycles. The van der Waals surface area contributed by atoms with Gasteiger partial charge in [0.1, 0.15) is 18.7 Å². The van der Waals surface area contributed by atoms with Crippen LogP contribution in [0.5, 0.6) is 0 Å². The number of benzene rings is 1. The van der Waals surface area contributed by atoms with Gasteiger partial charge in [0.15, 0.2) is 0 Å². The van der Waals surface area contributed by atoms with E-state index in [2.05, 4.69) is 0 Å². The van der Waals surface area contributed by atoms with Gasteiger partial charge >= 0.3 is 18.0 Å². The van der Waals surface area contributed by atoms with Gasteiger partial charge in [0.25, 0.3) is 0 Å². The Morgan fingerprint density at radius 2 is 1.77 bits per heavy atom. The van der Waals surface area contributed by atoms with E-state index < -0.39 is 30.1 Å². The molecule has 1 amide bonds. The fourth-order valence-corrected chi connectivity index (χ4v) is 3.95. The summed E-state index contributed by atoms with van der Waals surface area (Å²) in [5, 5.41) is 9.56. The van der Waals surface area contributed by atoms with Crippen molar-refractivity contribution in [1.29, 1.82) is 0 Å². The summed E-state index contributed by atoms with van der Waals surface area (Å²) in [5.41, 5.74) is 0.781. The number of nitrogens with zero attached hydrogens (tertiary/aromatic N) is 1. The molecule has 1 aliphatic carbocycles. The Bertz CT molecular complexity index is 686. The molecule has 1 saturated carbocycles. The lowest BCUT2D eigenvalue weighted by molar-refractivity contribution is -0.153. The maximum atomic E-state index is 12.9. The number of ether oxygens (including phenoxy) is 2.